The van der Waals surface area contributed by atoms with E-state index < -0.39 is 29.4 Å². The molecule has 1 aromatic rings. The molecule has 0 unspecified atom stereocenters. The van der Waals surface area contributed by atoms with Crippen LogP contribution in [0.2, 0.25) is 0 Å². The lowest BCUT2D eigenvalue weighted by atomic mass is 10.2. The van der Waals surface area contributed by atoms with Gasteiger partial charge in [0.2, 0.25) is 11.8 Å². The van der Waals surface area contributed by atoms with Crippen molar-refractivity contribution in [1.29, 1.82) is 0 Å². The summed E-state index contributed by atoms with van der Waals surface area (Å²) >= 11 is 0. The lowest BCUT2D eigenvalue weighted by Gasteiger charge is -2.25. The molecule has 2 heterocycles. The van der Waals surface area contributed by atoms with Gasteiger partial charge in [-0.1, -0.05) is 0 Å². The molecule has 1 saturated heterocycles. The van der Waals surface area contributed by atoms with Crippen LogP contribution >= 0.6 is 0 Å². The van der Waals surface area contributed by atoms with Gasteiger partial charge in [0.15, 0.2) is 11.6 Å². The number of nitrogen functional groups attached to an aromatic ring is 1. The monoisotopic (exact) mass is 252 g/mol. The van der Waals surface area contributed by atoms with Gasteiger partial charge in [-0.2, -0.15) is 0 Å². The van der Waals surface area contributed by atoms with Crippen LogP contribution in [0, 0.1) is 5.82 Å². The average molecular weight is 252 g/mol. The molecule has 1 aliphatic heterocycles. The molecule has 3 N–H and O–H groups in total. The number of anilines is 1. The predicted molar refractivity (Wildman–Crippen MR) is 57.7 cm³/mol. The highest BCUT2D eigenvalue weighted by Crippen LogP contribution is 2.14. The number of carbonyl (C=O) groups is 3. The van der Waals surface area contributed by atoms with Gasteiger partial charge in [0, 0.05) is 6.20 Å². The van der Waals surface area contributed by atoms with Crippen molar-refractivity contribution in [1.82, 2.24) is 15.2 Å². The Bertz CT molecular complexity index is 530. The van der Waals surface area contributed by atoms with Crippen molar-refractivity contribution < 1.29 is 18.8 Å². The topological polar surface area (TPSA) is 105 Å². The summed E-state index contributed by atoms with van der Waals surface area (Å²) in [5.74, 6) is -3.36. The highest BCUT2D eigenvalue weighted by atomic mass is 19.1. The number of nitrogens with one attached hydrogen (secondary N) is 1. The van der Waals surface area contributed by atoms with E-state index >= 15 is 0 Å². The molecule has 7 nitrogen and oxygen atoms in total. The van der Waals surface area contributed by atoms with Crippen LogP contribution in [0.3, 0.4) is 0 Å². The molecule has 0 aromatic carbocycles. The Morgan fingerprint density at radius 2 is 2.00 bits per heavy atom. The molecule has 1 fully saturated rings. The fourth-order valence-corrected chi connectivity index (χ4v) is 1.58. The van der Waals surface area contributed by atoms with E-state index in [2.05, 4.69) is 4.98 Å². The number of aromatic nitrogens is 1. The molecule has 18 heavy (non-hydrogen) atoms. The third kappa shape index (κ3) is 2.12. The molecule has 1 aliphatic rings. The van der Waals surface area contributed by atoms with Gasteiger partial charge >= 0.3 is 0 Å². The van der Waals surface area contributed by atoms with Gasteiger partial charge in [0.05, 0.1) is 5.56 Å². The van der Waals surface area contributed by atoms with Crippen molar-refractivity contribution in [3.05, 3.63) is 23.6 Å². The summed E-state index contributed by atoms with van der Waals surface area (Å²) in [6.45, 7) is -0.599. The standard InChI is InChI=1S/C10H9FN4O3/c11-8-5(1-2-13-9(8)12)10(18)15-3-6(16)14-7(17)4-15/h1-2H,3-4H2,(H2,12,13)(H,14,16,17). The number of hydrogen-bond acceptors (Lipinski definition) is 5. The third-order valence-electron chi connectivity index (χ3n) is 2.38. The number of nitrogens with zero attached hydrogens (tertiary/aromatic N) is 2. The Morgan fingerprint density at radius 1 is 1.39 bits per heavy atom. The highest BCUT2D eigenvalue weighted by Gasteiger charge is 2.29. The van der Waals surface area contributed by atoms with Crippen molar-refractivity contribution in [3.63, 3.8) is 0 Å². The zero-order valence-corrected chi connectivity index (χ0v) is 9.14. The normalized spacial score (nSPS) is 15.5. The maximum Gasteiger partial charge on any atom is 0.257 e. The van der Waals surface area contributed by atoms with Gasteiger partial charge in [-0.05, 0) is 6.07 Å². The first kappa shape index (κ1) is 12.0. The van der Waals surface area contributed by atoms with E-state index in [-0.39, 0.29) is 18.7 Å². The largest absolute Gasteiger partial charge is 0.381 e. The minimum atomic E-state index is -0.957. The van der Waals surface area contributed by atoms with Gasteiger partial charge < -0.3 is 10.6 Å². The number of nitrogens with two attached hydrogens (primary N) is 1. The van der Waals surface area contributed by atoms with Crippen LogP contribution in [-0.2, 0) is 9.59 Å². The van der Waals surface area contributed by atoms with E-state index in [1.807, 2.05) is 5.32 Å². The SMILES string of the molecule is Nc1nccc(C(=O)N2CC(=O)NC(=O)C2)c1F. The number of piperazine rings is 1. The van der Waals surface area contributed by atoms with Crippen LogP contribution in [0.5, 0.6) is 0 Å². The van der Waals surface area contributed by atoms with Crippen LogP contribution in [0.15, 0.2) is 12.3 Å². The molecule has 0 atom stereocenters. The molecule has 0 radical (unpaired) electrons. The summed E-state index contributed by atoms with van der Waals surface area (Å²) < 4.78 is 13.6. The number of rotatable bonds is 1. The Hall–Kier alpha value is -2.51. The maximum absolute atomic E-state index is 13.6. The number of imide groups is 1. The molecule has 0 spiro atoms. The molecular formula is C10H9FN4O3. The van der Waals surface area contributed by atoms with E-state index in [1.54, 1.807) is 0 Å². The Morgan fingerprint density at radius 3 is 2.61 bits per heavy atom. The van der Waals surface area contributed by atoms with Gasteiger partial charge in [0.1, 0.15) is 13.1 Å². The van der Waals surface area contributed by atoms with Crippen LogP contribution in [0.1, 0.15) is 10.4 Å². The summed E-state index contributed by atoms with van der Waals surface area (Å²) in [6.07, 6.45) is 1.18. The molecule has 94 valence electrons. The summed E-state index contributed by atoms with van der Waals surface area (Å²) in [5, 5.41) is 2.04. The fourth-order valence-electron chi connectivity index (χ4n) is 1.58. The van der Waals surface area contributed by atoms with Crippen LogP contribution in [0.4, 0.5) is 10.2 Å². The van der Waals surface area contributed by atoms with Crippen molar-refractivity contribution in [2.45, 2.75) is 0 Å². The fraction of sp³-hybridized carbons (Fsp3) is 0.200. The van der Waals surface area contributed by atoms with Crippen molar-refractivity contribution in [2.24, 2.45) is 0 Å². The molecule has 0 aliphatic carbocycles. The summed E-state index contributed by atoms with van der Waals surface area (Å²) in [4.78, 5) is 38.6. The minimum absolute atomic E-state index is 0.299. The van der Waals surface area contributed by atoms with E-state index in [4.69, 9.17) is 5.73 Å². The van der Waals surface area contributed by atoms with Crippen molar-refractivity contribution >= 4 is 23.5 Å². The van der Waals surface area contributed by atoms with Gasteiger partial charge in [-0.3, -0.25) is 19.7 Å². The zero-order chi connectivity index (χ0) is 13.3. The summed E-state index contributed by atoms with van der Waals surface area (Å²) in [5.41, 5.74) is 4.92. The smallest absolute Gasteiger partial charge is 0.257 e. The van der Waals surface area contributed by atoms with Crippen molar-refractivity contribution in [2.75, 3.05) is 18.8 Å². The molecular weight excluding hydrogens is 243 g/mol. The lowest BCUT2D eigenvalue weighted by Crippen LogP contribution is -2.53. The van der Waals surface area contributed by atoms with Gasteiger partial charge in [-0.25, -0.2) is 9.37 Å². The number of pyridine rings is 1. The molecule has 3 amide bonds. The van der Waals surface area contributed by atoms with E-state index in [0.717, 1.165) is 11.0 Å². The third-order valence-corrected chi connectivity index (χ3v) is 2.38. The lowest BCUT2D eigenvalue weighted by molar-refractivity contribution is -0.135. The van der Waals surface area contributed by atoms with Crippen LogP contribution in [-0.4, -0.2) is 40.7 Å². The second-order valence-electron chi connectivity index (χ2n) is 3.69. The highest BCUT2D eigenvalue weighted by molar-refractivity contribution is 6.05. The van der Waals surface area contributed by atoms with Gasteiger partial charge in [-0.15, -0.1) is 0 Å². The number of halogens is 1. The Kier molecular flexibility index (Phi) is 2.92. The Labute approximate surface area is 101 Å². The predicted octanol–water partition coefficient (Wildman–Crippen LogP) is -1.10. The first-order chi connectivity index (χ1) is 8.49. The Balaban J connectivity index is 2.28. The second kappa shape index (κ2) is 4.40. The molecule has 8 heteroatoms. The van der Waals surface area contributed by atoms with Crippen LogP contribution < -0.4 is 11.1 Å². The van der Waals surface area contributed by atoms with Gasteiger partial charge in [0.25, 0.3) is 5.91 Å². The first-order valence-corrected chi connectivity index (χ1v) is 5.01. The van der Waals surface area contributed by atoms with Crippen LogP contribution in [0.25, 0.3) is 0 Å². The minimum Gasteiger partial charge on any atom is -0.381 e. The molecule has 1 aromatic heterocycles. The molecule has 2 rings (SSSR count). The van der Waals surface area contributed by atoms with Crippen molar-refractivity contribution in [3.8, 4) is 0 Å². The molecule has 0 bridgehead atoms. The summed E-state index contributed by atoms with van der Waals surface area (Å²) in [7, 11) is 0. The maximum atomic E-state index is 13.6. The average Bonchev–Trinajstić information content (AvgIpc) is 2.30. The zero-order valence-electron chi connectivity index (χ0n) is 9.14. The summed E-state index contributed by atoms with van der Waals surface area (Å²) in [6, 6.07) is 1.14. The van der Waals surface area contributed by atoms with E-state index in [9.17, 15) is 18.8 Å². The second-order valence-corrected chi connectivity index (χ2v) is 3.69. The van der Waals surface area contributed by atoms with E-state index in [0.29, 0.717) is 0 Å². The number of amides is 3. The van der Waals surface area contributed by atoms with E-state index in [1.165, 1.54) is 6.20 Å². The molecule has 0 saturated carbocycles. The first-order valence-electron chi connectivity index (χ1n) is 5.01. The quantitative estimate of drug-likeness (QED) is 0.617. The number of hydrogen-bond donors (Lipinski definition) is 2. The number of carbonyl (C=O) groups excluding carboxylic acids is 3.